The zero-order valence-corrected chi connectivity index (χ0v) is 25.2. The Morgan fingerprint density at radius 1 is 0.900 bits per heavy atom. The first-order valence-corrected chi connectivity index (χ1v) is 15.1. The number of anilines is 1. The van der Waals surface area contributed by atoms with E-state index < -0.39 is 34.1 Å². The maximum absolute atomic E-state index is 14.1. The van der Waals surface area contributed by atoms with E-state index >= 15 is 0 Å². The average Bonchev–Trinajstić information content (AvgIpc) is 2.91. The number of nitrogens with zero attached hydrogens (tertiary/aromatic N) is 2. The van der Waals surface area contributed by atoms with Gasteiger partial charge in [0.2, 0.25) is 11.8 Å². The van der Waals surface area contributed by atoms with Crippen molar-refractivity contribution < 1.29 is 18.0 Å². The Labute approximate surface area is 239 Å². The van der Waals surface area contributed by atoms with Crippen LogP contribution in [0.4, 0.5) is 5.69 Å². The Morgan fingerprint density at radius 3 is 2.08 bits per heavy atom. The summed E-state index contributed by atoms with van der Waals surface area (Å²) in [6.45, 7) is 11.1. The standard InChI is InChI=1S/C32H41N3O4S/c1-7-28(31(37)33-32(4,5)6)34(21-20-26-14-10-8-11-15-26)30(36)23-35(29-22-24(2)18-19-25(29)3)40(38,39)27-16-12-9-13-17-27/h8-19,22,28H,7,20-21,23H2,1-6H3,(H,33,37)/t28-/m0/s1. The van der Waals surface area contributed by atoms with Crippen molar-refractivity contribution in [1.29, 1.82) is 0 Å². The predicted molar refractivity (Wildman–Crippen MR) is 161 cm³/mol. The molecule has 40 heavy (non-hydrogen) atoms. The highest BCUT2D eigenvalue weighted by Gasteiger charge is 2.34. The maximum Gasteiger partial charge on any atom is 0.264 e. The Morgan fingerprint density at radius 2 is 1.50 bits per heavy atom. The first kappa shape index (κ1) is 30.9. The smallest absolute Gasteiger partial charge is 0.264 e. The number of benzene rings is 3. The van der Waals surface area contributed by atoms with Gasteiger partial charge in [-0.3, -0.25) is 13.9 Å². The molecule has 0 radical (unpaired) electrons. The second-order valence-electron chi connectivity index (χ2n) is 11.1. The van der Waals surface area contributed by atoms with Gasteiger partial charge in [0.15, 0.2) is 0 Å². The lowest BCUT2D eigenvalue weighted by molar-refractivity contribution is -0.140. The molecule has 0 saturated carbocycles. The van der Waals surface area contributed by atoms with Crippen LogP contribution in [0.5, 0.6) is 0 Å². The summed E-state index contributed by atoms with van der Waals surface area (Å²) in [6, 6.07) is 22.6. The van der Waals surface area contributed by atoms with E-state index in [2.05, 4.69) is 5.32 Å². The largest absolute Gasteiger partial charge is 0.350 e. The van der Waals surface area contributed by atoms with Crippen LogP contribution in [-0.2, 0) is 26.0 Å². The number of sulfonamides is 1. The van der Waals surface area contributed by atoms with Crippen LogP contribution in [0, 0.1) is 13.8 Å². The molecule has 1 N–H and O–H groups in total. The Balaban J connectivity index is 2.05. The molecule has 214 valence electrons. The van der Waals surface area contributed by atoms with Crippen LogP contribution in [0.25, 0.3) is 0 Å². The van der Waals surface area contributed by atoms with E-state index in [1.807, 2.05) is 84.0 Å². The minimum absolute atomic E-state index is 0.0945. The minimum atomic E-state index is -4.09. The van der Waals surface area contributed by atoms with E-state index in [1.165, 1.54) is 21.3 Å². The molecule has 0 aliphatic carbocycles. The molecule has 0 bridgehead atoms. The van der Waals surface area contributed by atoms with Crippen LogP contribution in [0.2, 0.25) is 0 Å². The lowest BCUT2D eigenvalue weighted by atomic mass is 10.1. The van der Waals surface area contributed by atoms with Crippen LogP contribution in [0.1, 0.15) is 50.8 Å². The highest BCUT2D eigenvalue weighted by Crippen LogP contribution is 2.28. The summed E-state index contributed by atoms with van der Waals surface area (Å²) in [6.07, 6.45) is 0.915. The Bertz CT molecular complexity index is 1400. The van der Waals surface area contributed by atoms with Crippen molar-refractivity contribution in [3.63, 3.8) is 0 Å². The van der Waals surface area contributed by atoms with Gasteiger partial charge >= 0.3 is 0 Å². The van der Waals surface area contributed by atoms with Crippen LogP contribution in [-0.4, -0.2) is 49.8 Å². The Hall–Kier alpha value is -3.65. The zero-order valence-electron chi connectivity index (χ0n) is 24.3. The number of nitrogens with one attached hydrogen (secondary N) is 1. The van der Waals surface area contributed by atoms with Gasteiger partial charge in [-0.2, -0.15) is 0 Å². The summed E-state index contributed by atoms with van der Waals surface area (Å²) in [4.78, 5) is 29.1. The fourth-order valence-corrected chi connectivity index (χ4v) is 6.06. The molecule has 0 aliphatic rings. The molecule has 2 amide bonds. The predicted octanol–water partition coefficient (Wildman–Crippen LogP) is 5.26. The number of hydrogen-bond acceptors (Lipinski definition) is 4. The van der Waals surface area contributed by atoms with Crippen molar-refractivity contribution in [2.24, 2.45) is 0 Å². The number of carbonyl (C=O) groups is 2. The van der Waals surface area contributed by atoms with E-state index in [4.69, 9.17) is 0 Å². The summed E-state index contributed by atoms with van der Waals surface area (Å²) < 4.78 is 29.1. The van der Waals surface area contributed by atoms with Crippen molar-refractivity contribution in [3.8, 4) is 0 Å². The van der Waals surface area contributed by atoms with Gasteiger partial charge in [0, 0.05) is 12.1 Å². The van der Waals surface area contributed by atoms with Crippen molar-refractivity contribution in [1.82, 2.24) is 10.2 Å². The van der Waals surface area contributed by atoms with Gasteiger partial charge in [-0.1, -0.05) is 67.6 Å². The third kappa shape index (κ3) is 7.94. The summed E-state index contributed by atoms with van der Waals surface area (Å²) in [5.41, 5.74) is 2.58. The normalized spacial score (nSPS) is 12.4. The molecule has 0 saturated heterocycles. The number of aryl methyl sites for hydroxylation is 2. The maximum atomic E-state index is 14.1. The van der Waals surface area contributed by atoms with Crippen molar-refractivity contribution >= 4 is 27.5 Å². The van der Waals surface area contributed by atoms with Gasteiger partial charge in [-0.05, 0) is 82.3 Å². The molecule has 0 unspecified atom stereocenters. The van der Waals surface area contributed by atoms with E-state index in [1.54, 1.807) is 24.3 Å². The van der Waals surface area contributed by atoms with Crippen molar-refractivity contribution in [2.45, 2.75) is 70.9 Å². The highest BCUT2D eigenvalue weighted by molar-refractivity contribution is 7.92. The monoisotopic (exact) mass is 563 g/mol. The lowest BCUT2D eigenvalue weighted by Gasteiger charge is -2.35. The first-order valence-electron chi connectivity index (χ1n) is 13.6. The Kier molecular flexibility index (Phi) is 10.1. The first-order chi connectivity index (χ1) is 18.8. The van der Waals surface area contributed by atoms with Gasteiger partial charge in [0.25, 0.3) is 10.0 Å². The lowest BCUT2D eigenvalue weighted by Crippen LogP contribution is -2.56. The van der Waals surface area contributed by atoms with E-state index in [0.29, 0.717) is 18.5 Å². The van der Waals surface area contributed by atoms with Crippen LogP contribution in [0.15, 0.2) is 83.8 Å². The molecule has 8 heteroatoms. The van der Waals surface area contributed by atoms with Crippen LogP contribution in [0.3, 0.4) is 0 Å². The van der Waals surface area contributed by atoms with Gasteiger partial charge in [0.05, 0.1) is 10.6 Å². The SMILES string of the molecule is CC[C@@H](C(=O)NC(C)(C)C)N(CCc1ccccc1)C(=O)CN(c1cc(C)ccc1C)S(=O)(=O)c1ccccc1. The summed E-state index contributed by atoms with van der Waals surface area (Å²) in [5.74, 6) is -0.701. The molecule has 3 rings (SSSR count). The van der Waals surface area contributed by atoms with Crippen LogP contribution >= 0.6 is 0 Å². The van der Waals surface area contributed by atoms with Gasteiger partial charge < -0.3 is 10.2 Å². The van der Waals surface area contributed by atoms with Crippen LogP contribution < -0.4 is 9.62 Å². The number of carbonyl (C=O) groups excluding carboxylic acids is 2. The van der Waals surface area contributed by atoms with Gasteiger partial charge in [-0.25, -0.2) is 8.42 Å². The van der Waals surface area contributed by atoms with E-state index in [9.17, 15) is 18.0 Å². The molecular weight excluding hydrogens is 522 g/mol. The van der Waals surface area contributed by atoms with Gasteiger partial charge in [-0.15, -0.1) is 0 Å². The molecular formula is C32H41N3O4S. The summed E-state index contributed by atoms with van der Waals surface area (Å²) >= 11 is 0. The fraction of sp³-hybridized carbons (Fsp3) is 0.375. The zero-order chi connectivity index (χ0) is 29.5. The highest BCUT2D eigenvalue weighted by atomic mass is 32.2. The number of amides is 2. The summed E-state index contributed by atoms with van der Waals surface area (Å²) in [5, 5.41) is 3.00. The number of hydrogen-bond donors (Lipinski definition) is 1. The fourth-order valence-electron chi connectivity index (χ4n) is 4.57. The summed E-state index contributed by atoms with van der Waals surface area (Å²) in [7, 11) is -4.09. The molecule has 0 aromatic heterocycles. The molecule has 7 nitrogen and oxygen atoms in total. The van der Waals surface area contributed by atoms with Gasteiger partial charge in [0.1, 0.15) is 12.6 Å². The molecule has 0 fully saturated rings. The average molecular weight is 564 g/mol. The molecule has 3 aromatic rings. The second kappa shape index (κ2) is 13.1. The molecule has 3 aromatic carbocycles. The molecule has 1 atom stereocenters. The van der Waals surface area contributed by atoms with Crippen molar-refractivity contribution in [2.75, 3.05) is 17.4 Å². The quantitative estimate of drug-likeness (QED) is 0.345. The van der Waals surface area contributed by atoms with E-state index in [0.717, 1.165) is 16.7 Å². The minimum Gasteiger partial charge on any atom is -0.350 e. The molecule has 0 spiro atoms. The molecule has 0 aliphatic heterocycles. The second-order valence-corrected chi connectivity index (χ2v) is 13.0. The van der Waals surface area contributed by atoms with Crippen molar-refractivity contribution in [3.05, 3.63) is 95.6 Å². The molecule has 0 heterocycles. The third-order valence-corrected chi connectivity index (χ3v) is 8.39. The van der Waals surface area contributed by atoms with E-state index in [-0.39, 0.29) is 17.3 Å². The number of rotatable bonds is 11. The topological polar surface area (TPSA) is 86.8 Å². The third-order valence-electron chi connectivity index (χ3n) is 6.61.